The van der Waals surface area contributed by atoms with Crippen LogP contribution in [-0.4, -0.2) is 53.1 Å². The molecule has 1 aliphatic rings. The summed E-state index contributed by atoms with van der Waals surface area (Å²) in [5.74, 6) is -0.585. The Bertz CT molecular complexity index is 1100. The highest BCUT2D eigenvalue weighted by Gasteiger charge is 2.24. The van der Waals surface area contributed by atoms with E-state index in [9.17, 15) is 14.5 Å². The van der Waals surface area contributed by atoms with Crippen molar-refractivity contribution >= 4 is 17.6 Å². The van der Waals surface area contributed by atoms with Crippen LogP contribution in [0.5, 0.6) is 0 Å². The molecule has 1 aromatic heterocycles. The lowest BCUT2D eigenvalue weighted by atomic mass is 10.1. The maximum absolute atomic E-state index is 13.4. The summed E-state index contributed by atoms with van der Waals surface area (Å²) in [5, 5.41) is 2.40. The van der Waals surface area contributed by atoms with Gasteiger partial charge in [-0.15, -0.1) is 4.91 Å². The van der Waals surface area contributed by atoms with Crippen LogP contribution < -0.4 is 10.3 Å². The Morgan fingerprint density at radius 1 is 0.970 bits per heavy atom. The van der Waals surface area contributed by atoms with E-state index in [0.717, 1.165) is 22.4 Å². The molecule has 1 fully saturated rings. The van der Waals surface area contributed by atoms with Crippen LogP contribution in [0.1, 0.15) is 15.9 Å². The van der Waals surface area contributed by atoms with Crippen molar-refractivity contribution in [3.8, 4) is 11.1 Å². The number of urea groups is 1. The molecule has 4 rings (SSSR count). The highest BCUT2D eigenvalue weighted by atomic mass is 16.5. The second-order valence-corrected chi connectivity index (χ2v) is 7.37. The molecule has 0 saturated carbocycles. The Hall–Kier alpha value is -4.18. The number of rotatable bonds is 6. The average molecular weight is 446 g/mol. The van der Waals surface area contributed by atoms with Gasteiger partial charge in [0, 0.05) is 42.3 Å². The second kappa shape index (κ2) is 10.4. The molecule has 1 N–H and O–H groups in total. The lowest BCUT2D eigenvalue weighted by molar-refractivity contribution is 0.0548. The van der Waals surface area contributed by atoms with Gasteiger partial charge in [-0.1, -0.05) is 24.3 Å². The molecule has 33 heavy (non-hydrogen) atoms. The number of morpholine rings is 1. The van der Waals surface area contributed by atoms with E-state index in [1.807, 2.05) is 29.7 Å². The molecule has 0 unspecified atom stereocenters. The molecule has 3 amide bonds. The zero-order valence-corrected chi connectivity index (χ0v) is 17.8. The van der Waals surface area contributed by atoms with Crippen molar-refractivity contribution in [2.75, 3.05) is 31.2 Å². The summed E-state index contributed by atoms with van der Waals surface area (Å²) in [4.78, 5) is 47.0. The van der Waals surface area contributed by atoms with Gasteiger partial charge >= 0.3 is 6.03 Å². The smallest absolute Gasteiger partial charge is 0.324 e. The van der Waals surface area contributed by atoms with Gasteiger partial charge in [-0.2, -0.15) is 0 Å². The molecule has 2 heterocycles. The van der Waals surface area contributed by atoms with Crippen molar-refractivity contribution < 1.29 is 14.3 Å². The van der Waals surface area contributed by atoms with Gasteiger partial charge in [0.2, 0.25) is 0 Å². The molecular formula is C23H22N6O4. The predicted octanol–water partition coefficient (Wildman–Crippen LogP) is 3.01. The van der Waals surface area contributed by atoms with Crippen molar-refractivity contribution in [2.24, 2.45) is 5.29 Å². The SMILES string of the molecule is O=NNC(=O)c1ccc(CN(C(=O)N2CCOCC2)c2ccc(-c3cncnc3)cc2)cc1. The summed E-state index contributed by atoms with van der Waals surface area (Å²) >= 11 is 0. The number of nitrogens with zero attached hydrogens (tertiary/aromatic N) is 5. The van der Waals surface area contributed by atoms with Gasteiger partial charge in [-0.3, -0.25) is 9.69 Å². The third-order valence-corrected chi connectivity index (χ3v) is 5.29. The molecule has 0 atom stereocenters. The minimum atomic E-state index is -0.585. The Kier molecular flexibility index (Phi) is 6.96. The topological polar surface area (TPSA) is 117 Å². The Balaban J connectivity index is 1.59. The summed E-state index contributed by atoms with van der Waals surface area (Å²) in [6.45, 7) is 2.35. The summed E-state index contributed by atoms with van der Waals surface area (Å²) < 4.78 is 5.38. The van der Waals surface area contributed by atoms with Crippen molar-refractivity contribution in [3.05, 3.63) is 83.3 Å². The first kappa shape index (κ1) is 22.0. The Morgan fingerprint density at radius 3 is 2.27 bits per heavy atom. The summed E-state index contributed by atoms with van der Waals surface area (Å²) in [7, 11) is 0. The number of nitroso groups, excluding NO2 is 1. The molecular weight excluding hydrogens is 424 g/mol. The van der Waals surface area contributed by atoms with Gasteiger partial charge in [0.1, 0.15) is 6.33 Å². The van der Waals surface area contributed by atoms with Crippen LogP contribution in [0.3, 0.4) is 0 Å². The number of hydrogen-bond donors (Lipinski definition) is 1. The van der Waals surface area contributed by atoms with E-state index in [2.05, 4.69) is 15.3 Å². The fourth-order valence-corrected chi connectivity index (χ4v) is 3.53. The first-order valence-electron chi connectivity index (χ1n) is 10.4. The highest BCUT2D eigenvalue weighted by Crippen LogP contribution is 2.25. The summed E-state index contributed by atoms with van der Waals surface area (Å²) in [5.41, 5.74) is 5.56. The second-order valence-electron chi connectivity index (χ2n) is 7.37. The van der Waals surface area contributed by atoms with Crippen molar-refractivity contribution in [2.45, 2.75) is 6.54 Å². The predicted molar refractivity (Wildman–Crippen MR) is 121 cm³/mol. The quantitative estimate of drug-likeness (QED) is 0.459. The van der Waals surface area contributed by atoms with E-state index in [1.54, 1.807) is 46.5 Å². The van der Waals surface area contributed by atoms with E-state index in [1.165, 1.54) is 6.33 Å². The van der Waals surface area contributed by atoms with E-state index < -0.39 is 5.91 Å². The molecule has 2 aromatic carbocycles. The number of ether oxygens (including phenoxy) is 1. The standard InChI is InChI=1S/C23H22N6O4/c30-22(26-27-32)19-3-1-17(2-4-19)15-29(23(31)28-9-11-33-12-10-28)21-7-5-18(6-8-21)20-13-24-16-25-14-20/h1-8,13-14,16H,9-12,15H2,(H,26,30,32). The monoisotopic (exact) mass is 446 g/mol. The summed E-state index contributed by atoms with van der Waals surface area (Å²) in [6, 6.07) is 14.2. The molecule has 0 radical (unpaired) electrons. The number of nitrogens with one attached hydrogen (secondary N) is 1. The number of hydrogen-bond acceptors (Lipinski definition) is 7. The minimum Gasteiger partial charge on any atom is -0.378 e. The van der Waals surface area contributed by atoms with Crippen molar-refractivity contribution in [1.29, 1.82) is 0 Å². The molecule has 1 aliphatic heterocycles. The molecule has 0 spiro atoms. The fraction of sp³-hybridized carbons (Fsp3) is 0.217. The number of benzene rings is 2. The van der Waals surface area contributed by atoms with Crippen molar-refractivity contribution in [1.82, 2.24) is 20.3 Å². The maximum Gasteiger partial charge on any atom is 0.324 e. The molecule has 3 aromatic rings. The Morgan fingerprint density at radius 2 is 1.64 bits per heavy atom. The first-order valence-corrected chi connectivity index (χ1v) is 10.4. The van der Waals surface area contributed by atoms with Crippen molar-refractivity contribution in [3.63, 3.8) is 0 Å². The van der Waals surface area contributed by atoms with Crippen LogP contribution in [-0.2, 0) is 11.3 Å². The van der Waals surface area contributed by atoms with Crippen LogP contribution in [0, 0.1) is 4.91 Å². The zero-order valence-electron chi connectivity index (χ0n) is 17.8. The molecule has 0 bridgehead atoms. The van der Waals surface area contributed by atoms with Crippen LogP contribution in [0.4, 0.5) is 10.5 Å². The third kappa shape index (κ3) is 5.36. The lowest BCUT2D eigenvalue weighted by Gasteiger charge is -2.33. The van der Waals surface area contributed by atoms with E-state index >= 15 is 0 Å². The van der Waals surface area contributed by atoms with E-state index in [0.29, 0.717) is 38.4 Å². The summed E-state index contributed by atoms with van der Waals surface area (Å²) in [6.07, 6.45) is 4.94. The van der Waals surface area contributed by atoms with E-state index in [4.69, 9.17) is 4.74 Å². The number of aromatic nitrogens is 2. The van der Waals surface area contributed by atoms with Crippen LogP contribution >= 0.6 is 0 Å². The van der Waals surface area contributed by atoms with Gasteiger partial charge < -0.3 is 9.64 Å². The van der Waals surface area contributed by atoms with Gasteiger partial charge in [0.05, 0.1) is 25.0 Å². The first-order chi connectivity index (χ1) is 16.2. The number of amides is 3. The van der Waals surface area contributed by atoms with E-state index in [-0.39, 0.29) is 6.03 Å². The molecule has 0 aliphatic carbocycles. The van der Waals surface area contributed by atoms with Gasteiger partial charge in [0.25, 0.3) is 5.91 Å². The van der Waals surface area contributed by atoms with Crippen LogP contribution in [0.15, 0.2) is 72.5 Å². The maximum atomic E-state index is 13.4. The van der Waals surface area contributed by atoms with Gasteiger partial charge in [-0.05, 0) is 35.4 Å². The molecule has 168 valence electrons. The molecule has 10 nitrogen and oxygen atoms in total. The number of carbonyl (C=O) groups excluding carboxylic acids is 2. The van der Waals surface area contributed by atoms with Gasteiger partial charge in [-0.25, -0.2) is 20.2 Å². The average Bonchev–Trinajstić information content (AvgIpc) is 2.88. The zero-order chi connectivity index (χ0) is 23.0. The highest BCUT2D eigenvalue weighted by molar-refractivity contribution is 5.94. The molecule has 10 heteroatoms. The van der Waals surface area contributed by atoms with Crippen LogP contribution in [0.2, 0.25) is 0 Å². The number of carbonyl (C=O) groups is 2. The minimum absolute atomic E-state index is 0.124. The van der Waals surface area contributed by atoms with Gasteiger partial charge in [0.15, 0.2) is 0 Å². The normalized spacial score (nSPS) is 13.3. The number of anilines is 1. The largest absolute Gasteiger partial charge is 0.378 e. The lowest BCUT2D eigenvalue weighted by Crippen LogP contribution is -2.48. The molecule has 1 saturated heterocycles. The third-order valence-electron chi connectivity index (χ3n) is 5.29. The van der Waals surface area contributed by atoms with Crippen LogP contribution in [0.25, 0.3) is 11.1 Å². The Labute approximate surface area is 190 Å². The fourth-order valence-electron chi connectivity index (χ4n) is 3.53.